The smallest absolute Gasteiger partial charge is 0.320 e. The van der Waals surface area contributed by atoms with E-state index in [1.165, 1.54) is 0 Å². The van der Waals surface area contributed by atoms with E-state index in [4.69, 9.17) is 4.74 Å². The van der Waals surface area contributed by atoms with E-state index in [1.54, 1.807) is 18.3 Å². The molecule has 0 radical (unpaired) electrons. The van der Waals surface area contributed by atoms with Crippen molar-refractivity contribution in [3.05, 3.63) is 48.2 Å². The van der Waals surface area contributed by atoms with Gasteiger partial charge in [-0.05, 0) is 49.7 Å². The molecule has 1 aliphatic heterocycles. The van der Waals surface area contributed by atoms with Crippen LogP contribution in [0, 0.1) is 0 Å². The highest BCUT2D eigenvalue weighted by atomic mass is 16.5. The summed E-state index contributed by atoms with van der Waals surface area (Å²) in [5.74, 6) is 1.30. The van der Waals surface area contributed by atoms with Crippen molar-refractivity contribution in [1.82, 2.24) is 20.4 Å². The van der Waals surface area contributed by atoms with Gasteiger partial charge in [0.1, 0.15) is 11.9 Å². The van der Waals surface area contributed by atoms with Crippen LogP contribution in [0.1, 0.15) is 18.4 Å². The largest absolute Gasteiger partial charge is 0.490 e. The fraction of sp³-hybridized carbons (Fsp3) is 0.389. The molecule has 3 rings (SSSR count). The SMILES string of the molecule is CN1CCC(Oc2ccc(CNC(=O)Nc3cccnn3)cc2)CC1. The van der Waals surface area contributed by atoms with Crippen LogP contribution in [0.3, 0.4) is 0 Å². The highest BCUT2D eigenvalue weighted by Gasteiger charge is 2.17. The second-order valence-corrected chi connectivity index (χ2v) is 6.18. The van der Waals surface area contributed by atoms with Gasteiger partial charge in [0.2, 0.25) is 0 Å². The number of anilines is 1. The first-order valence-electron chi connectivity index (χ1n) is 8.46. The molecule has 7 heteroatoms. The van der Waals surface area contributed by atoms with E-state index in [9.17, 15) is 4.79 Å². The van der Waals surface area contributed by atoms with E-state index in [-0.39, 0.29) is 12.1 Å². The van der Waals surface area contributed by atoms with Gasteiger partial charge in [-0.15, -0.1) is 5.10 Å². The van der Waals surface area contributed by atoms with E-state index in [1.807, 2.05) is 24.3 Å². The Morgan fingerprint density at radius 2 is 2.00 bits per heavy atom. The average molecular weight is 341 g/mol. The predicted octanol–water partition coefficient (Wildman–Crippen LogP) is 2.27. The molecule has 1 saturated heterocycles. The molecule has 0 aliphatic carbocycles. The highest BCUT2D eigenvalue weighted by Crippen LogP contribution is 2.19. The highest BCUT2D eigenvalue weighted by molar-refractivity contribution is 5.87. The fourth-order valence-electron chi connectivity index (χ4n) is 2.69. The topological polar surface area (TPSA) is 79.4 Å². The van der Waals surface area contributed by atoms with Gasteiger partial charge in [-0.3, -0.25) is 5.32 Å². The van der Waals surface area contributed by atoms with Crippen LogP contribution in [0.4, 0.5) is 10.6 Å². The summed E-state index contributed by atoms with van der Waals surface area (Å²) in [6, 6.07) is 10.9. The number of ether oxygens (including phenoxy) is 1. The molecule has 1 aromatic heterocycles. The number of urea groups is 1. The Morgan fingerprint density at radius 3 is 2.68 bits per heavy atom. The Labute approximate surface area is 147 Å². The average Bonchev–Trinajstić information content (AvgIpc) is 2.64. The van der Waals surface area contributed by atoms with E-state index in [2.05, 4.69) is 32.8 Å². The van der Waals surface area contributed by atoms with Crippen LogP contribution in [0.25, 0.3) is 0 Å². The summed E-state index contributed by atoms with van der Waals surface area (Å²) >= 11 is 0. The Kier molecular flexibility index (Phi) is 5.79. The quantitative estimate of drug-likeness (QED) is 0.872. The third kappa shape index (κ3) is 5.42. The molecule has 0 spiro atoms. The first-order valence-corrected chi connectivity index (χ1v) is 8.46. The molecular weight excluding hydrogens is 318 g/mol. The number of benzene rings is 1. The summed E-state index contributed by atoms with van der Waals surface area (Å²) in [5, 5.41) is 12.9. The minimum Gasteiger partial charge on any atom is -0.490 e. The molecule has 0 atom stereocenters. The Bertz CT molecular complexity index is 670. The minimum atomic E-state index is -0.313. The number of nitrogens with one attached hydrogen (secondary N) is 2. The van der Waals surface area contributed by atoms with Gasteiger partial charge in [0.15, 0.2) is 5.82 Å². The molecule has 2 aromatic rings. The molecule has 1 fully saturated rings. The van der Waals surface area contributed by atoms with Crippen molar-refractivity contribution >= 4 is 11.8 Å². The normalized spacial score (nSPS) is 15.6. The van der Waals surface area contributed by atoms with E-state index >= 15 is 0 Å². The number of piperidine rings is 1. The maximum absolute atomic E-state index is 11.8. The molecule has 1 aliphatic rings. The lowest BCUT2D eigenvalue weighted by atomic mass is 10.1. The van der Waals surface area contributed by atoms with E-state index in [0.29, 0.717) is 12.4 Å². The summed E-state index contributed by atoms with van der Waals surface area (Å²) in [5.41, 5.74) is 1.00. The Balaban J connectivity index is 1.43. The van der Waals surface area contributed by atoms with Crippen molar-refractivity contribution in [2.75, 3.05) is 25.5 Å². The van der Waals surface area contributed by atoms with Gasteiger partial charge in [-0.2, -0.15) is 5.10 Å². The summed E-state index contributed by atoms with van der Waals surface area (Å²) < 4.78 is 6.02. The van der Waals surface area contributed by atoms with Crippen molar-refractivity contribution in [2.45, 2.75) is 25.5 Å². The Morgan fingerprint density at radius 1 is 1.24 bits per heavy atom. The summed E-state index contributed by atoms with van der Waals surface area (Å²) in [4.78, 5) is 14.1. The number of nitrogens with zero attached hydrogens (tertiary/aromatic N) is 3. The minimum absolute atomic E-state index is 0.290. The number of hydrogen-bond acceptors (Lipinski definition) is 5. The predicted molar refractivity (Wildman–Crippen MR) is 95.5 cm³/mol. The van der Waals surface area contributed by atoms with E-state index < -0.39 is 0 Å². The lowest BCUT2D eigenvalue weighted by molar-refractivity contribution is 0.114. The van der Waals surface area contributed by atoms with Gasteiger partial charge < -0.3 is 15.0 Å². The number of aromatic nitrogens is 2. The maximum Gasteiger partial charge on any atom is 0.320 e. The second-order valence-electron chi connectivity index (χ2n) is 6.18. The zero-order valence-electron chi connectivity index (χ0n) is 14.3. The molecule has 2 amide bonds. The van der Waals surface area contributed by atoms with Crippen LogP contribution in [-0.2, 0) is 6.54 Å². The number of amides is 2. The van der Waals surface area contributed by atoms with Crippen molar-refractivity contribution in [2.24, 2.45) is 0 Å². The zero-order valence-corrected chi connectivity index (χ0v) is 14.3. The molecule has 0 unspecified atom stereocenters. The van der Waals surface area contributed by atoms with Gasteiger partial charge >= 0.3 is 6.03 Å². The number of carbonyl (C=O) groups is 1. The fourth-order valence-corrected chi connectivity index (χ4v) is 2.69. The van der Waals surface area contributed by atoms with Gasteiger partial charge in [-0.1, -0.05) is 12.1 Å². The first kappa shape index (κ1) is 17.2. The van der Waals surface area contributed by atoms with Crippen LogP contribution in [0.15, 0.2) is 42.6 Å². The summed E-state index contributed by atoms with van der Waals surface area (Å²) in [7, 11) is 2.14. The van der Waals surface area contributed by atoms with Crippen LogP contribution in [0.5, 0.6) is 5.75 Å². The molecule has 25 heavy (non-hydrogen) atoms. The number of likely N-dealkylation sites (tertiary alicyclic amines) is 1. The second kappa shape index (κ2) is 8.43. The standard InChI is InChI=1S/C18H23N5O2/c1-23-11-8-16(9-12-23)25-15-6-4-14(5-7-15)13-19-18(24)21-17-3-2-10-20-22-17/h2-7,10,16H,8-9,11-13H2,1H3,(H2,19,21,22,24). The summed E-state index contributed by atoms with van der Waals surface area (Å²) in [6.07, 6.45) is 3.96. The lowest BCUT2D eigenvalue weighted by Crippen LogP contribution is -2.35. The van der Waals surface area contributed by atoms with Crippen molar-refractivity contribution in [1.29, 1.82) is 0 Å². The number of carbonyl (C=O) groups excluding carboxylic acids is 1. The first-order chi connectivity index (χ1) is 12.2. The van der Waals surface area contributed by atoms with Crippen molar-refractivity contribution < 1.29 is 9.53 Å². The van der Waals surface area contributed by atoms with Gasteiger partial charge in [0, 0.05) is 25.8 Å². The molecular formula is C18H23N5O2. The Hall–Kier alpha value is -2.67. The van der Waals surface area contributed by atoms with Gasteiger partial charge in [0.05, 0.1) is 0 Å². The zero-order chi connectivity index (χ0) is 17.5. The molecule has 2 heterocycles. The third-order valence-corrected chi connectivity index (χ3v) is 4.16. The van der Waals surface area contributed by atoms with Crippen LogP contribution < -0.4 is 15.4 Å². The van der Waals surface area contributed by atoms with Gasteiger partial charge in [-0.25, -0.2) is 4.79 Å². The molecule has 0 bridgehead atoms. The van der Waals surface area contributed by atoms with Crippen molar-refractivity contribution in [3.8, 4) is 5.75 Å². The monoisotopic (exact) mass is 341 g/mol. The molecule has 132 valence electrons. The van der Waals surface area contributed by atoms with E-state index in [0.717, 1.165) is 37.2 Å². The van der Waals surface area contributed by atoms with Crippen LogP contribution in [-0.4, -0.2) is 47.4 Å². The molecule has 0 saturated carbocycles. The van der Waals surface area contributed by atoms with Crippen molar-refractivity contribution in [3.63, 3.8) is 0 Å². The number of hydrogen-bond donors (Lipinski definition) is 2. The van der Waals surface area contributed by atoms with Crippen LogP contribution in [0.2, 0.25) is 0 Å². The maximum atomic E-state index is 11.8. The molecule has 7 nitrogen and oxygen atoms in total. The lowest BCUT2D eigenvalue weighted by Gasteiger charge is -2.29. The molecule has 1 aromatic carbocycles. The number of rotatable bonds is 5. The third-order valence-electron chi connectivity index (χ3n) is 4.16. The van der Waals surface area contributed by atoms with Crippen LogP contribution >= 0.6 is 0 Å². The summed E-state index contributed by atoms with van der Waals surface area (Å²) in [6.45, 7) is 2.59. The molecule has 2 N–H and O–H groups in total. The van der Waals surface area contributed by atoms with Gasteiger partial charge in [0.25, 0.3) is 0 Å².